The van der Waals surface area contributed by atoms with Crippen LogP contribution in [-0.2, 0) is 21.1 Å². The zero-order valence-electron chi connectivity index (χ0n) is 18.6. The predicted molar refractivity (Wildman–Crippen MR) is 121 cm³/mol. The summed E-state index contributed by atoms with van der Waals surface area (Å²) in [6, 6.07) is 15.1. The molecule has 3 rings (SSSR count). The summed E-state index contributed by atoms with van der Waals surface area (Å²) in [6.45, 7) is 9.70. The van der Waals surface area contributed by atoms with Crippen molar-refractivity contribution in [2.75, 3.05) is 34.7 Å². The van der Waals surface area contributed by atoms with Crippen LogP contribution in [0.4, 0.5) is 0 Å². The van der Waals surface area contributed by atoms with Gasteiger partial charge in [0.1, 0.15) is 0 Å². The molecule has 0 aliphatic heterocycles. The first-order valence-electron chi connectivity index (χ1n) is 9.32. The predicted octanol–water partition coefficient (Wildman–Crippen LogP) is 4.17. The van der Waals surface area contributed by atoms with Gasteiger partial charge in [-0.1, -0.05) is 47.2 Å². The molecule has 3 nitrogen and oxygen atoms in total. The van der Waals surface area contributed by atoms with Crippen LogP contribution in [-0.4, -0.2) is 40.3 Å². The van der Waals surface area contributed by atoms with Crippen LogP contribution in [0.3, 0.4) is 0 Å². The van der Waals surface area contributed by atoms with Gasteiger partial charge in [-0.2, -0.15) is 28.2 Å². The van der Waals surface area contributed by atoms with E-state index in [9.17, 15) is 0 Å². The molecule has 0 heterocycles. The van der Waals surface area contributed by atoms with Crippen LogP contribution in [0, 0.1) is 0 Å². The molecule has 0 fully saturated rings. The number of nitrogens with zero attached hydrogens (tertiary/aromatic N) is 2. The van der Waals surface area contributed by atoms with E-state index in [0.29, 0.717) is 0 Å². The molecule has 0 spiro atoms. The number of benzene rings is 2. The third kappa shape index (κ3) is 8.01. The van der Waals surface area contributed by atoms with Crippen LogP contribution in [0.2, 0.25) is 0 Å². The zero-order chi connectivity index (χ0) is 20.4. The maximum Gasteiger partial charge on any atom is 3.00 e. The van der Waals surface area contributed by atoms with Gasteiger partial charge in [0.05, 0.1) is 0 Å². The Morgan fingerprint density at radius 1 is 0.893 bits per heavy atom. The van der Waals surface area contributed by atoms with Crippen LogP contribution >= 0.6 is 0 Å². The fourth-order valence-electron chi connectivity index (χ4n) is 2.72. The third-order valence-electron chi connectivity index (χ3n) is 3.89. The molecule has 1 aliphatic rings. The van der Waals surface area contributed by atoms with Crippen LogP contribution in [0.25, 0.3) is 33.4 Å². The molecule has 0 saturated carbocycles. The number of rotatable bonds is 2. The van der Waals surface area contributed by atoms with Gasteiger partial charge in [0, 0.05) is 12.1 Å². The molecule has 0 saturated heterocycles. The molecule has 1 aliphatic carbocycles. The van der Waals surface area contributed by atoms with Crippen molar-refractivity contribution in [3.63, 3.8) is 0 Å². The van der Waals surface area contributed by atoms with Gasteiger partial charge in [-0.05, 0) is 27.7 Å². The molecule has 4 heteroatoms. The molecule has 2 aromatic carbocycles. The Kier molecular flexibility index (Phi) is 12.5. The second-order valence-electron chi connectivity index (χ2n) is 7.68. The molecule has 28 heavy (non-hydrogen) atoms. The average molecular weight is 460 g/mol. The van der Waals surface area contributed by atoms with Crippen molar-refractivity contribution in [3.8, 4) is 11.1 Å². The molecule has 0 bridgehead atoms. The normalized spacial score (nSPS) is 12.0. The minimum atomic E-state index is 0. The van der Waals surface area contributed by atoms with Crippen molar-refractivity contribution in [2.24, 2.45) is 0 Å². The summed E-state index contributed by atoms with van der Waals surface area (Å²) in [5, 5.41) is 13.1. The average Bonchev–Trinajstić information content (AvgIpc) is 2.99. The summed E-state index contributed by atoms with van der Waals surface area (Å²) in [6.07, 6.45) is 3.58. The molecule has 151 valence electrons. The van der Waals surface area contributed by atoms with Crippen molar-refractivity contribution in [1.29, 1.82) is 0 Å². The van der Waals surface area contributed by atoms with E-state index in [4.69, 9.17) is 0 Å². The van der Waals surface area contributed by atoms with Gasteiger partial charge < -0.3 is 16.0 Å². The van der Waals surface area contributed by atoms with E-state index in [0.717, 1.165) is 6.54 Å². The summed E-state index contributed by atoms with van der Waals surface area (Å²) in [7, 11) is 7.00. The van der Waals surface area contributed by atoms with Gasteiger partial charge in [0.2, 0.25) is 0 Å². The third-order valence-corrected chi connectivity index (χ3v) is 3.89. The van der Waals surface area contributed by atoms with Crippen LogP contribution in [0.5, 0.6) is 0 Å². The van der Waals surface area contributed by atoms with Gasteiger partial charge in [-0.3, -0.25) is 0 Å². The quantitative estimate of drug-likeness (QED) is 0.453. The molecule has 0 atom stereocenters. The van der Waals surface area contributed by atoms with E-state index >= 15 is 0 Å². The molecule has 0 unspecified atom stereocenters. The van der Waals surface area contributed by atoms with E-state index in [2.05, 4.69) is 92.2 Å². The Balaban J connectivity index is 0.000000930. The van der Waals surface area contributed by atoms with Crippen molar-refractivity contribution >= 4 is 11.6 Å². The summed E-state index contributed by atoms with van der Waals surface area (Å²) in [4.78, 5) is 0. The largest absolute Gasteiger partial charge is 3.00 e. The molecule has 2 aromatic rings. The summed E-state index contributed by atoms with van der Waals surface area (Å²) in [5.41, 5.74) is 5.30. The summed E-state index contributed by atoms with van der Waals surface area (Å²) >= 11 is 0. The number of nitrogens with one attached hydrogen (secondary N) is 1. The molecule has 1 radical (unpaired) electrons. The Bertz CT molecular complexity index is 834. The van der Waals surface area contributed by atoms with Crippen molar-refractivity contribution in [1.82, 2.24) is 5.32 Å². The second kappa shape index (κ2) is 13.1. The van der Waals surface area contributed by atoms with Crippen molar-refractivity contribution in [2.45, 2.75) is 33.2 Å². The maximum atomic E-state index is 3.58. The Morgan fingerprint density at radius 2 is 1.43 bits per heavy atom. The first-order valence-corrected chi connectivity index (χ1v) is 9.32. The Hall–Kier alpha value is -1.25. The number of hydrogen-bond donors (Lipinski definition) is 1. The first kappa shape index (κ1) is 26.7. The van der Waals surface area contributed by atoms with E-state index in [1.54, 1.807) is 28.2 Å². The Labute approximate surface area is 186 Å². The standard InChI is InChI=1S/C20H22N.2C2H6N.Mo/c1-14(13-21-20(2,3)4)16-10-7-11-18-17-9-6-5-8-15(17)12-19(16)18;2*1-3-2;/h5-11,21H,13H2,1-4H3;2*1-2H3;/q3*-1;+3. The number of fused-ring (bicyclic) bond motifs is 3. The SMILES string of the molecule is CC(CNC(C)(C)C)=c1cccc2c1=[C-]c1ccccc1-2.C[N-]C.C[N-]C.[Mo+3]. The molecular formula is C24H34MoN3. The summed E-state index contributed by atoms with van der Waals surface area (Å²) in [5.74, 6) is 0. The van der Waals surface area contributed by atoms with Gasteiger partial charge in [0.25, 0.3) is 0 Å². The zero-order valence-corrected chi connectivity index (χ0v) is 20.6. The van der Waals surface area contributed by atoms with Crippen molar-refractivity contribution < 1.29 is 21.1 Å². The minimum Gasteiger partial charge on any atom is -0.668 e. The van der Waals surface area contributed by atoms with Gasteiger partial charge >= 0.3 is 21.1 Å². The van der Waals surface area contributed by atoms with Gasteiger partial charge in [-0.25, -0.2) is 0 Å². The van der Waals surface area contributed by atoms with Gasteiger partial charge in [0.15, 0.2) is 0 Å². The smallest absolute Gasteiger partial charge is 0.668 e. The van der Waals surface area contributed by atoms with Crippen LogP contribution in [0.1, 0.15) is 33.3 Å². The topological polar surface area (TPSA) is 40.2 Å². The number of hydrogen-bond acceptors (Lipinski definition) is 1. The van der Waals surface area contributed by atoms with Crippen LogP contribution < -0.4 is 15.8 Å². The van der Waals surface area contributed by atoms with Crippen LogP contribution in [0.15, 0.2) is 42.5 Å². The Morgan fingerprint density at radius 3 is 2.00 bits per heavy atom. The molecule has 0 amide bonds. The fraction of sp³-hybridized carbons (Fsp3) is 0.417. The van der Waals surface area contributed by atoms with E-state index < -0.39 is 0 Å². The van der Waals surface area contributed by atoms with Gasteiger partial charge in [-0.15, -0.1) is 34.1 Å². The fourth-order valence-corrected chi connectivity index (χ4v) is 2.72. The van der Waals surface area contributed by atoms with E-state index in [-0.39, 0.29) is 26.6 Å². The van der Waals surface area contributed by atoms with E-state index in [1.807, 2.05) is 0 Å². The first-order chi connectivity index (χ1) is 12.8. The van der Waals surface area contributed by atoms with Crippen molar-refractivity contribution in [3.05, 3.63) is 69.1 Å². The maximum absolute atomic E-state index is 3.58. The monoisotopic (exact) mass is 462 g/mol. The summed E-state index contributed by atoms with van der Waals surface area (Å²) < 4.78 is 0. The molecule has 1 N–H and O–H groups in total. The molecule has 0 aromatic heterocycles. The molecular weight excluding hydrogens is 426 g/mol. The second-order valence-corrected chi connectivity index (χ2v) is 7.68. The van der Waals surface area contributed by atoms with E-state index in [1.165, 1.54) is 32.7 Å². The minimum absolute atomic E-state index is 0.